The number of nitrogens with one attached hydrogen (secondary N) is 1. The molecule has 0 aliphatic heterocycles. The van der Waals surface area contributed by atoms with Gasteiger partial charge >= 0.3 is 0 Å². The predicted molar refractivity (Wildman–Crippen MR) is 113 cm³/mol. The van der Waals surface area contributed by atoms with Crippen LogP contribution in [-0.2, 0) is 18.3 Å². The Kier molecular flexibility index (Phi) is 7.77. The van der Waals surface area contributed by atoms with Gasteiger partial charge in [0.1, 0.15) is 11.6 Å². The average molecular weight is 403 g/mol. The number of rotatable bonds is 9. The zero-order chi connectivity index (χ0) is 19.8. The Balaban J connectivity index is 1.44. The van der Waals surface area contributed by atoms with E-state index in [0.29, 0.717) is 12.4 Å². The smallest absolute Gasteiger partial charge is 0.234 e. The summed E-state index contributed by atoms with van der Waals surface area (Å²) in [4.78, 5) is 12.2. The lowest BCUT2D eigenvalue weighted by atomic mass is 9.86. The van der Waals surface area contributed by atoms with Crippen molar-refractivity contribution < 1.29 is 9.53 Å². The van der Waals surface area contributed by atoms with Crippen molar-refractivity contribution in [1.82, 2.24) is 14.8 Å². The number of aryl methyl sites for hydroxylation is 1. The van der Waals surface area contributed by atoms with Gasteiger partial charge < -0.3 is 14.6 Å². The molecule has 6 nitrogen and oxygen atoms in total. The molecule has 1 aromatic heterocycles. The van der Waals surface area contributed by atoms with Gasteiger partial charge in [0.2, 0.25) is 5.91 Å². The molecular formula is C21H30N4O2S. The van der Waals surface area contributed by atoms with Gasteiger partial charge in [0.05, 0.1) is 12.4 Å². The van der Waals surface area contributed by atoms with Gasteiger partial charge in [-0.1, -0.05) is 43.9 Å². The summed E-state index contributed by atoms with van der Waals surface area (Å²) in [6.07, 6.45) is 8.99. The third kappa shape index (κ3) is 5.99. The third-order valence-electron chi connectivity index (χ3n) is 5.21. The number of aromatic nitrogens is 3. The Bertz CT molecular complexity index is 754. The number of nitrogens with zero attached hydrogens (tertiary/aromatic N) is 3. The van der Waals surface area contributed by atoms with Crippen LogP contribution in [0, 0.1) is 5.92 Å². The highest BCUT2D eigenvalue weighted by Gasteiger charge is 2.16. The molecule has 0 radical (unpaired) electrons. The molecule has 0 unspecified atom stereocenters. The molecule has 0 bridgehead atoms. The molecule has 28 heavy (non-hydrogen) atoms. The van der Waals surface area contributed by atoms with Crippen LogP contribution >= 0.6 is 11.8 Å². The second kappa shape index (κ2) is 10.5. The Morgan fingerprint density at radius 3 is 2.68 bits per heavy atom. The molecular weight excluding hydrogens is 372 g/mol. The molecule has 152 valence electrons. The first-order chi connectivity index (χ1) is 13.7. The first kappa shape index (κ1) is 20.7. The van der Waals surface area contributed by atoms with Crippen LogP contribution in [0.15, 0.2) is 29.4 Å². The van der Waals surface area contributed by atoms with Crippen LogP contribution in [0.2, 0.25) is 0 Å². The zero-order valence-electron chi connectivity index (χ0n) is 16.8. The van der Waals surface area contributed by atoms with Gasteiger partial charge in [0.15, 0.2) is 5.16 Å². The van der Waals surface area contributed by atoms with E-state index in [1.807, 2.05) is 42.8 Å². The number of anilines is 1. The minimum absolute atomic E-state index is 0.0547. The maximum absolute atomic E-state index is 12.2. The molecule has 3 rings (SSSR count). The highest BCUT2D eigenvalue weighted by molar-refractivity contribution is 7.99. The number of ether oxygens (including phenoxy) is 1. The van der Waals surface area contributed by atoms with E-state index in [1.54, 1.807) is 0 Å². The summed E-state index contributed by atoms with van der Waals surface area (Å²) in [5, 5.41) is 12.3. The van der Waals surface area contributed by atoms with Crippen LogP contribution in [-0.4, -0.2) is 33.0 Å². The maximum atomic E-state index is 12.2. The van der Waals surface area contributed by atoms with Crippen molar-refractivity contribution in [3.63, 3.8) is 0 Å². The molecule has 1 heterocycles. The fourth-order valence-electron chi connectivity index (χ4n) is 3.63. The second-order valence-corrected chi connectivity index (χ2v) is 8.24. The number of hydrogen-bond acceptors (Lipinski definition) is 5. The number of amides is 1. The topological polar surface area (TPSA) is 69.0 Å². The van der Waals surface area contributed by atoms with Gasteiger partial charge in [0.25, 0.3) is 0 Å². The second-order valence-electron chi connectivity index (χ2n) is 7.29. The van der Waals surface area contributed by atoms with Gasteiger partial charge in [-0.2, -0.15) is 0 Å². The fourth-order valence-corrected chi connectivity index (χ4v) is 4.36. The van der Waals surface area contributed by atoms with Crippen molar-refractivity contribution in [2.75, 3.05) is 17.7 Å². The molecule has 1 saturated carbocycles. The fraction of sp³-hybridized carbons (Fsp3) is 0.571. The van der Waals surface area contributed by atoms with Crippen molar-refractivity contribution in [2.24, 2.45) is 13.0 Å². The Morgan fingerprint density at radius 2 is 1.96 bits per heavy atom. The highest BCUT2D eigenvalue weighted by Crippen LogP contribution is 2.27. The number of hydrogen-bond donors (Lipinski definition) is 1. The summed E-state index contributed by atoms with van der Waals surface area (Å²) >= 11 is 1.42. The lowest BCUT2D eigenvalue weighted by Crippen LogP contribution is -2.14. The minimum Gasteiger partial charge on any atom is -0.494 e. The Labute approximate surface area is 171 Å². The summed E-state index contributed by atoms with van der Waals surface area (Å²) in [7, 11) is 1.99. The van der Waals surface area contributed by atoms with Crippen molar-refractivity contribution >= 4 is 23.4 Å². The number of benzene rings is 1. The quantitative estimate of drug-likeness (QED) is 0.627. The van der Waals surface area contributed by atoms with Crippen molar-refractivity contribution in [1.29, 1.82) is 0 Å². The van der Waals surface area contributed by atoms with Crippen molar-refractivity contribution in [3.05, 3.63) is 30.1 Å². The van der Waals surface area contributed by atoms with E-state index in [4.69, 9.17) is 4.74 Å². The molecule has 7 heteroatoms. The first-order valence-corrected chi connectivity index (χ1v) is 11.2. The molecule has 0 saturated heterocycles. The summed E-state index contributed by atoms with van der Waals surface area (Å²) in [6.45, 7) is 2.57. The van der Waals surface area contributed by atoms with E-state index < -0.39 is 0 Å². The molecule has 1 fully saturated rings. The van der Waals surface area contributed by atoms with Crippen LogP contribution in [0.1, 0.15) is 51.3 Å². The SMILES string of the molecule is CCOc1ccc(NC(=O)CSc2nnc(CCC3CCCCC3)n2C)cc1. The summed E-state index contributed by atoms with van der Waals surface area (Å²) in [6, 6.07) is 7.40. The van der Waals surface area contributed by atoms with E-state index in [9.17, 15) is 4.79 Å². The highest BCUT2D eigenvalue weighted by atomic mass is 32.2. The van der Waals surface area contributed by atoms with Gasteiger partial charge in [-0.3, -0.25) is 4.79 Å². The largest absolute Gasteiger partial charge is 0.494 e. The molecule has 1 N–H and O–H groups in total. The van der Waals surface area contributed by atoms with Crippen molar-refractivity contribution in [2.45, 2.75) is 57.0 Å². The molecule has 1 aliphatic carbocycles. The van der Waals surface area contributed by atoms with E-state index >= 15 is 0 Å². The predicted octanol–water partition coefficient (Wildman–Crippen LogP) is 4.46. The minimum atomic E-state index is -0.0547. The van der Waals surface area contributed by atoms with Crippen LogP contribution < -0.4 is 10.1 Å². The van der Waals surface area contributed by atoms with E-state index in [1.165, 1.54) is 50.3 Å². The van der Waals surface area contributed by atoms with E-state index in [0.717, 1.165) is 34.8 Å². The third-order valence-corrected chi connectivity index (χ3v) is 6.23. The molecule has 2 aromatic rings. The molecule has 1 aromatic carbocycles. The Hall–Kier alpha value is -2.02. The number of thioether (sulfide) groups is 1. The van der Waals surface area contributed by atoms with Crippen LogP contribution in [0.5, 0.6) is 5.75 Å². The zero-order valence-corrected chi connectivity index (χ0v) is 17.6. The first-order valence-electron chi connectivity index (χ1n) is 10.2. The van der Waals surface area contributed by atoms with Crippen LogP contribution in [0.25, 0.3) is 0 Å². The van der Waals surface area contributed by atoms with Gasteiger partial charge in [-0.05, 0) is 43.5 Å². The molecule has 1 aliphatic rings. The average Bonchev–Trinajstić information content (AvgIpc) is 3.07. The lowest BCUT2D eigenvalue weighted by molar-refractivity contribution is -0.113. The van der Waals surface area contributed by atoms with Gasteiger partial charge in [-0.15, -0.1) is 10.2 Å². The standard InChI is InChI=1S/C21H30N4O2S/c1-3-27-18-12-10-17(11-13-18)22-20(26)15-28-21-24-23-19(25(21)2)14-9-16-7-5-4-6-8-16/h10-13,16H,3-9,14-15H2,1-2H3,(H,22,26). The summed E-state index contributed by atoms with van der Waals surface area (Å²) < 4.78 is 7.44. The molecule has 0 spiro atoms. The normalized spacial score (nSPS) is 14.8. The number of carbonyl (C=O) groups is 1. The van der Waals surface area contributed by atoms with Crippen LogP contribution in [0.3, 0.4) is 0 Å². The molecule has 1 amide bonds. The number of carbonyl (C=O) groups excluding carboxylic acids is 1. The van der Waals surface area contributed by atoms with Gasteiger partial charge in [0, 0.05) is 19.2 Å². The van der Waals surface area contributed by atoms with E-state index in [-0.39, 0.29) is 5.91 Å². The lowest BCUT2D eigenvalue weighted by Gasteiger charge is -2.20. The Morgan fingerprint density at radius 1 is 1.21 bits per heavy atom. The van der Waals surface area contributed by atoms with Crippen LogP contribution in [0.4, 0.5) is 5.69 Å². The summed E-state index contributed by atoms with van der Waals surface area (Å²) in [5.74, 6) is 2.90. The monoisotopic (exact) mass is 402 g/mol. The van der Waals surface area contributed by atoms with Crippen molar-refractivity contribution in [3.8, 4) is 5.75 Å². The maximum Gasteiger partial charge on any atom is 0.234 e. The van der Waals surface area contributed by atoms with Gasteiger partial charge in [-0.25, -0.2) is 0 Å². The molecule has 0 atom stereocenters. The van der Waals surface area contributed by atoms with E-state index in [2.05, 4.69) is 15.5 Å². The summed E-state index contributed by atoms with van der Waals surface area (Å²) in [5.41, 5.74) is 0.764.